The number of hydrogen-bond donors (Lipinski definition) is 1. The van der Waals surface area contributed by atoms with E-state index in [1.165, 1.54) is 5.56 Å². The predicted molar refractivity (Wildman–Crippen MR) is 102 cm³/mol. The second kappa shape index (κ2) is 7.23. The molecule has 2 aromatic heterocycles. The van der Waals surface area contributed by atoms with E-state index in [0.717, 1.165) is 60.1 Å². The number of aliphatic hydroxyl groups is 1. The maximum Gasteiger partial charge on any atom is 0.169 e. The zero-order valence-corrected chi connectivity index (χ0v) is 15.6. The molecule has 1 aliphatic rings. The van der Waals surface area contributed by atoms with Gasteiger partial charge in [-0.1, -0.05) is 24.3 Å². The van der Waals surface area contributed by atoms with Crippen molar-refractivity contribution in [2.45, 2.75) is 25.4 Å². The fourth-order valence-corrected chi connectivity index (χ4v) is 3.76. The molecule has 1 aliphatic heterocycles. The highest BCUT2D eigenvalue weighted by Gasteiger charge is 2.16. The largest absolute Gasteiger partial charge is 0.392 e. The number of benzene rings is 1. The molecule has 0 aliphatic carbocycles. The maximum atomic E-state index is 9.76. The summed E-state index contributed by atoms with van der Waals surface area (Å²) in [5, 5.41) is 14.0. The molecule has 1 aromatic carbocycles. The molecule has 0 spiro atoms. The van der Waals surface area contributed by atoms with Crippen LogP contribution in [0.25, 0.3) is 16.8 Å². The molecule has 5 nitrogen and oxygen atoms in total. The second-order valence-electron chi connectivity index (χ2n) is 6.65. The highest BCUT2D eigenvalue weighted by atomic mass is 79.9. The fourth-order valence-electron chi connectivity index (χ4n) is 3.38. The van der Waals surface area contributed by atoms with Gasteiger partial charge in [0.15, 0.2) is 5.65 Å². The Bertz CT molecular complexity index is 861. The smallest absolute Gasteiger partial charge is 0.169 e. The van der Waals surface area contributed by atoms with Gasteiger partial charge in [-0.25, -0.2) is 9.50 Å². The van der Waals surface area contributed by atoms with Gasteiger partial charge in [-0.2, -0.15) is 5.10 Å². The molecular formula is C19H21BrN4O. The molecule has 3 aromatic rings. The number of hydrogen-bond acceptors (Lipinski definition) is 4. The van der Waals surface area contributed by atoms with Gasteiger partial charge in [0, 0.05) is 31.0 Å². The molecule has 1 atom stereocenters. The van der Waals surface area contributed by atoms with Crippen LogP contribution in [-0.4, -0.2) is 50.3 Å². The summed E-state index contributed by atoms with van der Waals surface area (Å²) in [6, 6.07) is 8.64. The lowest BCUT2D eigenvalue weighted by Gasteiger charge is -2.29. The van der Waals surface area contributed by atoms with Crippen LogP contribution in [0, 0.1) is 0 Å². The number of β-amino-alcohol motifs (C(OH)–C–C–N with tert-alkyl or cyclic N) is 1. The van der Waals surface area contributed by atoms with Crippen LogP contribution in [0.4, 0.5) is 0 Å². The number of rotatable bonds is 4. The van der Waals surface area contributed by atoms with Crippen molar-refractivity contribution >= 4 is 21.6 Å². The van der Waals surface area contributed by atoms with Crippen LogP contribution in [0.5, 0.6) is 0 Å². The second-order valence-corrected chi connectivity index (χ2v) is 7.50. The first-order chi connectivity index (χ1) is 12.2. The molecule has 0 saturated carbocycles. The Morgan fingerprint density at radius 3 is 2.80 bits per heavy atom. The van der Waals surface area contributed by atoms with Crippen molar-refractivity contribution in [1.82, 2.24) is 19.5 Å². The van der Waals surface area contributed by atoms with Crippen molar-refractivity contribution in [2.75, 3.05) is 19.6 Å². The Hall–Kier alpha value is -1.76. The molecule has 6 heteroatoms. The molecule has 0 bridgehead atoms. The van der Waals surface area contributed by atoms with E-state index in [2.05, 4.69) is 55.2 Å². The molecule has 25 heavy (non-hydrogen) atoms. The molecule has 1 N–H and O–H groups in total. The average Bonchev–Trinajstić information content (AvgIpc) is 3.01. The summed E-state index contributed by atoms with van der Waals surface area (Å²) < 4.78 is 2.69. The quantitative estimate of drug-likeness (QED) is 0.730. The lowest BCUT2D eigenvalue weighted by Crippen LogP contribution is -2.39. The summed E-state index contributed by atoms with van der Waals surface area (Å²) in [4.78, 5) is 6.82. The summed E-state index contributed by atoms with van der Waals surface area (Å²) in [6.07, 6.45) is 8.53. The number of halogens is 1. The maximum absolute atomic E-state index is 9.76. The topological polar surface area (TPSA) is 53.7 Å². The first kappa shape index (κ1) is 16.7. The zero-order valence-electron chi connectivity index (χ0n) is 14.0. The molecule has 0 radical (unpaired) electrons. The van der Waals surface area contributed by atoms with Crippen LogP contribution in [0.1, 0.15) is 18.4 Å². The molecule has 4 rings (SSSR count). The van der Waals surface area contributed by atoms with Gasteiger partial charge >= 0.3 is 0 Å². The van der Waals surface area contributed by atoms with E-state index < -0.39 is 0 Å². The van der Waals surface area contributed by atoms with Crippen molar-refractivity contribution in [1.29, 1.82) is 0 Å². The third-order valence-electron chi connectivity index (χ3n) is 4.80. The normalized spacial score (nSPS) is 18.7. The summed E-state index contributed by atoms with van der Waals surface area (Å²) in [6.45, 7) is 2.91. The Labute approximate surface area is 155 Å². The average molecular weight is 401 g/mol. The van der Waals surface area contributed by atoms with E-state index >= 15 is 0 Å². The van der Waals surface area contributed by atoms with E-state index in [4.69, 9.17) is 0 Å². The third kappa shape index (κ3) is 3.76. The number of aliphatic hydroxyl groups excluding tert-OH is 1. The first-order valence-corrected chi connectivity index (χ1v) is 9.47. The number of likely N-dealkylation sites (tertiary alicyclic amines) is 1. The number of piperidine rings is 1. The minimum Gasteiger partial charge on any atom is -0.392 e. The predicted octanol–water partition coefficient (Wildman–Crippen LogP) is 3.16. The monoisotopic (exact) mass is 400 g/mol. The van der Waals surface area contributed by atoms with Crippen molar-refractivity contribution in [3.63, 3.8) is 0 Å². The van der Waals surface area contributed by atoms with Gasteiger partial charge in [-0.05, 0) is 52.9 Å². The van der Waals surface area contributed by atoms with Crippen molar-refractivity contribution in [3.8, 4) is 11.1 Å². The number of aromatic nitrogens is 3. The van der Waals surface area contributed by atoms with Gasteiger partial charge < -0.3 is 10.0 Å². The summed E-state index contributed by atoms with van der Waals surface area (Å²) in [7, 11) is 0. The van der Waals surface area contributed by atoms with E-state index in [9.17, 15) is 5.11 Å². The molecule has 130 valence electrons. The Morgan fingerprint density at radius 1 is 1.16 bits per heavy atom. The van der Waals surface area contributed by atoms with Gasteiger partial charge in [-0.15, -0.1) is 0 Å². The SMILES string of the molecule is OC1CCCN(CCc2ccc(-c3cnc4c(Br)cnn4c3)cc2)C1. The minimum absolute atomic E-state index is 0.152. The van der Waals surface area contributed by atoms with Crippen LogP contribution in [0.3, 0.4) is 0 Å². The molecule has 1 unspecified atom stereocenters. The number of nitrogens with zero attached hydrogens (tertiary/aromatic N) is 4. The molecule has 0 amide bonds. The first-order valence-electron chi connectivity index (χ1n) is 8.68. The van der Waals surface area contributed by atoms with Gasteiger partial charge in [0.25, 0.3) is 0 Å². The van der Waals surface area contributed by atoms with Crippen LogP contribution in [0.15, 0.2) is 47.3 Å². The van der Waals surface area contributed by atoms with Gasteiger partial charge in [0.2, 0.25) is 0 Å². The van der Waals surface area contributed by atoms with Crippen LogP contribution >= 0.6 is 15.9 Å². The number of fused-ring (bicyclic) bond motifs is 1. The summed E-state index contributed by atoms with van der Waals surface area (Å²) in [5.74, 6) is 0. The highest BCUT2D eigenvalue weighted by Crippen LogP contribution is 2.22. The van der Waals surface area contributed by atoms with Crippen molar-refractivity contribution < 1.29 is 5.11 Å². The summed E-state index contributed by atoms with van der Waals surface area (Å²) >= 11 is 3.45. The summed E-state index contributed by atoms with van der Waals surface area (Å²) in [5.41, 5.74) is 4.33. The lowest BCUT2D eigenvalue weighted by atomic mass is 10.0. The van der Waals surface area contributed by atoms with Gasteiger partial charge in [0.1, 0.15) is 0 Å². The Kier molecular flexibility index (Phi) is 4.83. The van der Waals surface area contributed by atoms with E-state index in [0.29, 0.717) is 0 Å². The van der Waals surface area contributed by atoms with Crippen LogP contribution in [0.2, 0.25) is 0 Å². The van der Waals surface area contributed by atoms with E-state index in [1.807, 2.05) is 12.4 Å². The van der Waals surface area contributed by atoms with E-state index in [-0.39, 0.29) is 6.10 Å². The third-order valence-corrected chi connectivity index (χ3v) is 5.36. The Balaban J connectivity index is 1.43. The van der Waals surface area contributed by atoms with Gasteiger partial charge in [-0.3, -0.25) is 0 Å². The lowest BCUT2D eigenvalue weighted by molar-refractivity contribution is 0.0714. The zero-order chi connectivity index (χ0) is 17.2. The van der Waals surface area contributed by atoms with Gasteiger partial charge in [0.05, 0.1) is 16.8 Å². The van der Waals surface area contributed by atoms with E-state index in [1.54, 1.807) is 10.7 Å². The van der Waals surface area contributed by atoms with Crippen LogP contribution < -0.4 is 0 Å². The standard InChI is InChI=1S/C19H21BrN4O/c20-18-11-22-24-12-16(10-21-19(18)24)15-5-3-14(4-6-15)7-9-23-8-1-2-17(25)13-23/h3-6,10-12,17,25H,1-2,7-9,13H2. The molecular weight excluding hydrogens is 380 g/mol. The highest BCUT2D eigenvalue weighted by molar-refractivity contribution is 9.10. The molecule has 1 saturated heterocycles. The molecule has 1 fully saturated rings. The van der Waals surface area contributed by atoms with Crippen LogP contribution in [-0.2, 0) is 6.42 Å². The Morgan fingerprint density at radius 2 is 2.00 bits per heavy atom. The minimum atomic E-state index is -0.152. The van der Waals surface area contributed by atoms with Crippen molar-refractivity contribution in [3.05, 3.63) is 52.9 Å². The van der Waals surface area contributed by atoms with Crippen molar-refractivity contribution in [2.24, 2.45) is 0 Å². The molecule has 3 heterocycles. The fraction of sp³-hybridized carbons (Fsp3) is 0.368.